The van der Waals surface area contributed by atoms with Crippen molar-refractivity contribution < 1.29 is 0 Å². The maximum Gasteiger partial charge on any atom is 0.0207 e. The molecule has 2 heteroatoms. The third kappa shape index (κ3) is 3.62. The zero-order chi connectivity index (χ0) is 11.3. The molecule has 1 aromatic carbocycles. The molecule has 1 atom stereocenters. The van der Waals surface area contributed by atoms with Gasteiger partial charge in [-0.15, -0.1) is 0 Å². The minimum absolute atomic E-state index is 0.235. The van der Waals surface area contributed by atoms with Crippen LogP contribution in [0.3, 0.4) is 0 Å². The lowest BCUT2D eigenvalue weighted by Crippen LogP contribution is -2.29. The van der Waals surface area contributed by atoms with Crippen LogP contribution in [0.1, 0.15) is 32.3 Å². The predicted molar refractivity (Wildman–Crippen MR) is 69.9 cm³/mol. The Bertz CT molecular complexity index is 311. The summed E-state index contributed by atoms with van der Waals surface area (Å²) in [5, 5.41) is 0. The summed E-state index contributed by atoms with van der Waals surface area (Å²) in [4.78, 5) is 0. The van der Waals surface area contributed by atoms with E-state index in [0.29, 0.717) is 0 Å². The van der Waals surface area contributed by atoms with E-state index in [1.165, 1.54) is 22.9 Å². The van der Waals surface area contributed by atoms with Crippen molar-refractivity contribution in [2.45, 2.75) is 33.1 Å². The molecule has 0 aromatic heterocycles. The van der Waals surface area contributed by atoms with Crippen molar-refractivity contribution in [3.8, 4) is 0 Å². The highest BCUT2D eigenvalue weighted by Gasteiger charge is 2.22. The molecule has 2 N–H and O–H groups in total. The first-order valence-corrected chi connectivity index (χ1v) is 6.34. The van der Waals surface area contributed by atoms with Crippen LogP contribution in [0.2, 0.25) is 0 Å². The highest BCUT2D eigenvalue weighted by molar-refractivity contribution is 9.10. The maximum atomic E-state index is 5.88. The van der Waals surface area contributed by atoms with Crippen LogP contribution >= 0.6 is 15.9 Å². The highest BCUT2D eigenvalue weighted by atomic mass is 79.9. The van der Waals surface area contributed by atoms with Gasteiger partial charge >= 0.3 is 0 Å². The molecule has 0 aliphatic heterocycles. The quantitative estimate of drug-likeness (QED) is 0.866. The summed E-state index contributed by atoms with van der Waals surface area (Å²) in [5.74, 6) is 0. The molecule has 0 spiro atoms. The number of hydrogen-bond donors (Lipinski definition) is 1. The zero-order valence-corrected chi connectivity index (χ0v) is 11.2. The number of hydrogen-bond acceptors (Lipinski definition) is 1. The van der Waals surface area contributed by atoms with E-state index in [4.69, 9.17) is 5.73 Å². The van der Waals surface area contributed by atoms with Gasteiger partial charge in [-0.05, 0) is 36.4 Å². The first-order valence-electron chi connectivity index (χ1n) is 5.55. The normalized spacial score (nSPS) is 14.9. The third-order valence-electron chi connectivity index (χ3n) is 2.92. The molecule has 1 unspecified atom stereocenters. The molecule has 0 amide bonds. The molecule has 0 saturated carbocycles. The fraction of sp³-hybridized carbons (Fsp3) is 0.538. The van der Waals surface area contributed by atoms with Gasteiger partial charge in [-0.2, -0.15) is 0 Å². The van der Waals surface area contributed by atoms with E-state index in [-0.39, 0.29) is 5.41 Å². The smallest absolute Gasteiger partial charge is 0.0207 e. The summed E-state index contributed by atoms with van der Waals surface area (Å²) in [6.07, 6.45) is 3.43. The van der Waals surface area contributed by atoms with E-state index >= 15 is 0 Å². The van der Waals surface area contributed by atoms with Crippen molar-refractivity contribution in [3.05, 3.63) is 34.3 Å². The molecule has 0 aliphatic rings. The minimum Gasteiger partial charge on any atom is -0.330 e. The Morgan fingerprint density at radius 3 is 2.53 bits per heavy atom. The topological polar surface area (TPSA) is 26.0 Å². The molecule has 1 nitrogen and oxygen atoms in total. The van der Waals surface area contributed by atoms with E-state index < -0.39 is 0 Å². The molecule has 0 fully saturated rings. The van der Waals surface area contributed by atoms with Crippen LogP contribution in [-0.2, 0) is 6.42 Å². The van der Waals surface area contributed by atoms with Gasteiger partial charge in [0.15, 0.2) is 0 Å². The van der Waals surface area contributed by atoms with Crippen LogP contribution in [0.4, 0.5) is 0 Å². The van der Waals surface area contributed by atoms with Crippen LogP contribution in [0.5, 0.6) is 0 Å². The zero-order valence-electron chi connectivity index (χ0n) is 9.59. The number of rotatable bonds is 5. The van der Waals surface area contributed by atoms with Gasteiger partial charge in [0.1, 0.15) is 0 Å². The minimum atomic E-state index is 0.235. The summed E-state index contributed by atoms with van der Waals surface area (Å²) >= 11 is 3.59. The molecule has 0 heterocycles. The summed E-state index contributed by atoms with van der Waals surface area (Å²) in [7, 11) is 0. The van der Waals surface area contributed by atoms with Crippen LogP contribution < -0.4 is 5.73 Å². The largest absolute Gasteiger partial charge is 0.330 e. The Labute approximate surface area is 101 Å². The summed E-state index contributed by atoms with van der Waals surface area (Å²) in [6.45, 7) is 5.24. The first kappa shape index (κ1) is 12.7. The molecular formula is C13H20BrN. The van der Waals surface area contributed by atoms with Gasteiger partial charge < -0.3 is 5.73 Å². The Morgan fingerprint density at radius 2 is 2.00 bits per heavy atom. The monoisotopic (exact) mass is 269 g/mol. The van der Waals surface area contributed by atoms with Crippen molar-refractivity contribution in [1.29, 1.82) is 0 Å². The molecule has 0 saturated heterocycles. The van der Waals surface area contributed by atoms with Crippen molar-refractivity contribution >= 4 is 15.9 Å². The second kappa shape index (κ2) is 5.66. The van der Waals surface area contributed by atoms with Gasteiger partial charge in [-0.1, -0.05) is 54.4 Å². The van der Waals surface area contributed by atoms with Gasteiger partial charge in [0, 0.05) is 4.47 Å². The molecular weight excluding hydrogens is 250 g/mol. The Hall–Kier alpha value is -0.340. The standard InChI is InChI=1S/C13H20BrN/c1-3-8-13(2,10-15)9-11-6-4-5-7-12(11)14/h4-7H,3,8-10,15H2,1-2H3. The van der Waals surface area contributed by atoms with Crippen LogP contribution in [0.25, 0.3) is 0 Å². The molecule has 1 aromatic rings. The lowest BCUT2D eigenvalue weighted by atomic mass is 9.80. The Kier molecular flexibility index (Phi) is 4.81. The number of halogens is 1. The molecule has 0 radical (unpaired) electrons. The van der Waals surface area contributed by atoms with E-state index in [0.717, 1.165) is 13.0 Å². The molecule has 1 rings (SSSR count). The van der Waals surface area contributed by atoms with Gasteiger partial charge in [0.2, 0.25) is 0 Å². The van der Waals surface area contributed by atoms with Gasteiger partial charge in [0.25, 0.3) is 0 Å². The maximum absolute atomic E-state index is 5.88. The Balaban J connectivity index is 2.79. The SMILES string of the molecule is CCCC(C)(CN)Cc1ccccc1Br. The second-order valence-electron chi connectivity index (χ2n) is 4.53. The highest BCUT2D eigenvalue weighted by Crippen LogP contribution is 2.30. The summed E-state index contributed by atoms with van der Waals surface area (Å²) < 4.78 is 1.20. The Morgan fingerprint density at radius 1 is 1.33 bits per heavy atom. The van der Waals surface area contributed by atoms with Crippen molar-refractivity contribution in [2.75, 3.05) is 6.54 Å². The van der Waals surface area contributed by atoms with E-state index in [1.54, 1.807) is 0 Å². The first-order chi connectivity index (χ1) is 7.11. The van der Waals surface area contributed by atoms with Crippen LogP contribution in [0.15, 0.2) is 28.7 Å². The van der Waals surface area contributed by atoms with Crippen molar-refractivity contribution in [2.24, 2.45) is 11.1 Å². The van der Waals surface area contributed by atoms with E-state index in [2.05, 4.69) is 48.0 Å². The van der Waals surface area contributed by atoms with Crippen LogP contribution in [0, 0.1) is 5.41 Å². The summed E-state index contributed by atoms with van der Waals surface area (Å²) in [6, 6.07) is 8.40. The van der Waals surface area contributed by atoms with Crippen molar-refractivity contribution in [1.82, 2.24) is 0 Å². The predicted octanol–water partition coefficient (Wildman–Crippen LogP) is 3.76. The average Bonchev–Trinajstić information content (AvgIpc) is 2.22. The molecule has 84 valence electrons. The van der Waals surface area contributed by atoms with E-state index in [1.807, 2.05) is 6.07 Å². The fourth-order valence-electron chi connectivity index (χ4n) is 1.97. The average molecular weight is 270 g/mol. The van der Waals surface area contributed by atoms with Gasteiger partial charge in [-0.3, -0.25) is 0 Å². The van der Waals surface area contributed by atoms with Gasteiger partial charge in [0.05, 0.1) is 0 Å². The van der Waals surface area contributed by atoms with Crippen molar-refractivity contribution in [3.63, 3.8) is 0 Å². The lowest BCUT2D eigenvalue weighted by molar-refractivity contribution is 0.302. The number of benzene rings is 1. The summed E-state index contributed by atoms with van der Waals surface area (Å²) in [5.41, 5.74) is 7.47. The van der Waals surface area contributed by atoms with Crippen LogP contribution in [-0.4, -0.2) is 6.54 Å². The molecule has 0 bridgehead atoms. The molecule has 0 aliphatic carbocycles. The third-order valence-corrected chi connectivity index (χ3v) is 3.70. The van der Waals surface area contributed by atoms with E-state index in [9.17, 15) is 0 Å². The molecule has 15 heavy (non-hydrogen) atoms. The van der Waals surface area contributed by atoms with Gasteiger partial charge in [-0.25, -0.2) is 0 Å². The fourth-order valence-corrected chi connectivity index (χ4v) is 2.39. The lowest BCUT2D eigenvalue weighted by Gasteiger charge is -2.28. The second-order valence-corrected chi connectivity index (χ2v) is 5.39. The number of nitrogens with two attached hydrogens (primary N) is 1.